The molecular formula is C8H13N3O5S. The normalized spacial score (nSPS) is 19.9. The monoisotopic (exact) mass is 263 g/mol. The lowest BCUT2D eigenvalue weighted by Crippen LogP contribution is -2.61. The molecule has 96 valence electrons. The quantitative estimate of drug-likeness (QED) is 0.551. The highest BCUT2D eigenvalue weighted by atomic mass is 32.2. The van der Waals surface area contributed by atoms with Crippen LogP contribution in [0.1, 0.15) is 6.92 Å². The molecule has 0 saturated carbocycles. The van der Waals surface area contributed by atoms with Crippen molar-refractivity contribution in [2.24, 2.45) is 5.73 Å². The summed E-state index contributed by atoms with van der Waals surface area (Å²) in [6.45, 7) is 2.07. The van der Waals surface area contributed by atoms with Gasteiger partial charge in [-0.3, -0.25) is 15.0 Å². The van der Waals surface area contributed by atoms with Gasteiger partial charge in [0.05, 0.1) is 6.61 Å². The number of rotatable bonds is 2. The number of piperazine rings is 1. The Morgan fingerprint density at radius 2 is 2.24 bits per heavy atom. The van der Waals surface area contributed by atoms with Crippen molar-refractivity contribution in [3.8, 4) is 0 Å². The van der Waals surface area contributed by atoms with Crippen LogP contribution in [0, 0.1) is 0 Å². The van der Waals surface area contributed by atoms with Gasteiger partial charge in [0.2, 0.25) is 16.2 Å². The van der Waals surface area contributed by atoms with Crippen LogP contribution >= 0.6 is 0 Å². The van der Waals surface area contributed by atoms with Crippen molar-refractivity contribution in [1.82, 2.24) is 10.2 Å². The Morgan fingerprint density at radius 1 is 1.59 bits per heavy atom. The molecule has 1 heterocycles. The second-order valence-corrected chi connectivity index (χ2v) is 4.10. The fourth-order valence-electron chi connectivity index (χ4n) is 1.47. The van der Waals surface area contributed by atoms with Gasteiger partial charge in [-0.25, -0.2) is 4.79 Å². The highest BCUT2D eigenvalue weighted by Crippen LogP contribution is 2.05. The van der Waals surface area contributed by atoms with Gasteiger partial charge in [0.1, 0.15) is 6.04 Å². The average molecular weight is 263 g/mol. The maximum Gasteiger partial charge on any atom is 0.414 e. The van der Waals surface area contributed by atoms with E-state index in [4.69, 9.17) is 10.5 Å². The molecule has 0 aliphatic carbocycles. The number of carbonyl (C=O) groups is 2. The Hall–Kier alpha value is -1.61. The van der Waals surface area contributed by atoms with E-state index >= 15 is 0 Å². The van der Waals surface area contributed by atoms with Gasteiger partial charge < -0.3 is 10.5 Å². The number of hydrogen-bond donors (Lipinski definition) is 2. The molecule has 17 heavy (non-hydrogen) atoms. The third-order valence-electron chi connectivity index (χ3n) is 2.14. The van der Waals surface area contributed by atoms with E-state index in [0.29, 0.717) is 0 Å². The highest BCUT2D eigenvalue weighted by Gasteiger charge is 2.35. The zero-order valence-electron chi connectivity index (χ0n) is 9.17. The molecule has 0 aromatic heterocycles. The van der Waals surface area contributed by atoms with Crippen molar-refractivity contribution in [1.29, 1.82) is 0 Å². The molecule has 0 aromatic carbocycles. The summed E-state index contributed by atoms with van der Waals surface area (Å²) >= 11 is 0. The molecule has 1 aliphatic rings. The second kappa shape index (κ2) is 5.64. The second-order valence-electron chi connectivity index (χ2n) is 3.21. The Balaban J connectivity index is 3.10. The molecule has 3 N–H and O–H groups in total. The largest absolute Gasteiger partial charge is 0.449 e. The van der Waals surface area contributed by atoms with Crippen molar-refractivity contribution in [3.63, 3.8) is 0 Å². The van der Waals surface area contributed by atoms with E-state index < -0.39 is 33.3 Å². The minimum atomic E-state index is -2.73. The SMILES string of the molecule is CCOC(=O)N1CCN[C@H](C(N)=O)C1=S(=O)=O. The molecular weight excluding hydrogens is 250 g/mol. The van der Waals surface area contributed by atoms with Gasteiger partial charge in [0.25, 0.3) is 0 Å². The van der Waals surface area contributed by atoms with Crippen molar-refractivity contribution in [3.05, 3.63) is 0 Å². The molecule has 1 aliphatic heterocycles. The van der Waals surface area contributed by atoms with Crippen LogP contribution in [0.5, 0.6) is 0 Å². The maximum atomic E-state index is 11.5. The first-order chi connectivity index (χ1) is 7.99. The minimum absolute atomic E-state index is 0.103. The van der Waals surface area contributed by atoms with Crippen molar-refractivity contribution < 1.29 is 22.7 Å². The maximum absolute atomic E-state index is 11.5. The first kappa shape index (κ1) is 13.5. The van der Waals surface area contributed by atoms with Crippen LogP contribution in [0.25, 0.3) is 0 Å². The van der Waals surface area contributed by atoms with Crippen molar-refractivity contribution in [2.45, 2.75) is 13.0 Å². The molecule has 2 amide bonds. The molecule has 1 atom stereocenters. The zero-order valence-corrected chi connectivity index (χ0v) is 9.99. The molecule has 0 spiro atoms. The third-order valence-corrected chi connectivity index (χ3v) is 2.94. The summed E-state index contributed by atoms with van der Waals surface area (Å²) in [5.41, 5.74) is 5.06. The standard InChI is InChI=1S/C8H13N3O5S/c1-2-16-8(13)11-4-3-10-5(6(9)12)7(11)17(14)15/h5,10H,2-4H2,1H3,(H2,9,12)/t5-/m1/s1. The van der Waals surface area contributed by atoms with E-state index in [0.717, 1.165) is 4.90 Å². The lowest BCUT2D eigenvalue weighted by Gasteiger charge is -2.31. The van der Waals surface area contributed by atoms with Crippen molar-refractivity contribution >= 4 is 27.3 Å². The number of nitrogens with two attached hydrogens (primary N) is 1. The highest BCUT2D eigenvalue weighted by molar-refractivity contribution is 7.73. The summed E-state index contributed by atoms with van der Waals surface area (Å²) in [5, 5.41) is 2.62. The molecule has 1 rings (SSSR count). The summed E-state index contributed by atoms with van der Waals surface area (Å²) in [6, 6.07) is -1.20. The number of amides is 2. The van der Waals surface area contributed by atoms with Crippen LogP contribution in [0.4, 0.5) is 4.79 Å². The van der Waals surface area contributed by atoms with E-state index in [1.54, 1.807) is 6.92 Å². The van der Waals surface area contributed by atoms with Crippen LogP contribution in [0.3, 0.4) is 0 Å². The predicted molar refractivity (Wildman–Crippen MR) is 58.6 cm³/mol. The molecule has 8 nitrogen and oxygen atoms in total. The Morgan fingerprint density at radius 3 is 2.71 bits per heavy atom. The molecule has 1 saturated heterocycles. The molecule has 0 bridgehead atoms. The molecule has 0 aromatic rings. The first-order valence-corrected chi connectivity index (χ1v) is 5.99. The summed E-state index contributed by atoms with van der Waals surface area (Å²) in [4.78, 5) is 23.1. The lowest BCUT2D eigenvalue weighted by atomic mass is 10.2. The molecule has 0 radical (unpaired) electrons. The van der Waals surface area contributed by atoms with Gasteiger partial charge in [0.15, 0.2) is 4.99 Å². The van der Waals surface area contributed by atoms with Crippen LogP contribution in [0.15, 0.2) is 0 Å². The number of nitrogens with zero attached hydrogens (tertiary/aromatic N) is 1. The summed E-state index contributed by atoms with van der Waals surface area (Å²) in [7, 11) is -2.73. The summed E-state index contributed by atoms with van der Waals surface area (Å²) < 4.78 is 26.8. The van der Waals surface area contributed by atoms with E-state index in [-0.39, 0.29) is 19.7 Å². The fraction of sp³-hybridized carbons (Fsp3) is 0.625. The molecule has 9 heteroatoms. The lowest BCUT2D eigenvalue weighted by molar-refractivity contribution is -0.118. The van der Waals surface area contributed by atoms with Gasteiger partial charge in [-0.05, 0) is 6.92 Å². The van der Waals surface area contributed by atoms with E-state index in [1.165, 1.54) is 0 Å². The van der Waals surface area contributed by atoms with Gasteiger partial charge in [-0.2, -0.15) is 8.42 Å². The van der Waals surface area contributed by atoms with Crippen LogP contribution in [0.2, 0.25) is 0 Å². The number of primary amides is 1. The van der Waals surface area contributed by atoms with Crippen molar-refractivity contribution in [2.75, 3.05) is 19.7 Å². The van der Waals surface area contributed by atoms with Gasteiger partial charge >= 0.3 is 6.09 Å². The Bertz CT molecular complexity index is 450. The molecule has 1 fully saturated rings. The van der Waals surface area contributed by atoms with Gasteiger partial charge in [0, 0.05) is 13.1 Å². The summed E-state index contributed by atoms with van der Waals surface area (Å²) in [6.07, 6.45) is -0.806. The molecule has 0 unspecified atom stereocenters. The van der Waals surface area contributed by atoms with Crippen LogP contribution < -0.4 is 11.1 Å². The van der Waals surface area contributed by atoms with Gasteiger partial charge in [-0.1, -0.05) is 0 Å². The van der Waals surface area contributed by atoms with Crippen LogP contribution in [-0.2, 0) is 19.8 Å². The minimum Gasteiger partial charge on any atom is -0.449 e. The van der Waals surface area contributed by atoms with E-state index in [1.807, 2.05) is 0 Å². The summed E-state index contributed by atoms with van der Waals surface area (Å²) in [5.74, 6) is -0.863. The zero-order chi connectivity index (χ0) is 13.0. The topological polar surface area (TPSA) is 119 Å². The Labute approximate surface area is 99.2 Å². The van der Waals surface area contributed by atoms with E-state index in [2.05, 4.69) is 5.32 Å². The fourth-order valence-corrected chi connectivity index (χ4v) is 2.20. The third kappa shape index (κ3) is 2.94. The van der Waals surface area contributed by atoms with E-state index in [9.17, 15) is 18.0 Å². The Kier molecular flexibility index (Phi) is 4.46. The number of ether oxygens (including phenoxy) is 1. The number of nitrogens with one attached hydrogen (secondary N) is 1. The predicted octanol–water partition coefficient (Wildman–Crippen LogP) is -2.09. The first-order valence-electron chi connectivity index (χ1n) is 4.92. The number of hydrogen-bond acceptors (Lipinski definition) is 6. The van der Waals surface area contributed by atoms with Crippen LogP contribution in [-0.4, -0.2) is 56.0 Å². The number of carbonyl (C=O) groups excluding carboxylic acids is 2. The van der Waals surface area contributed by atoms with Gasteiger partial charge in [-0.15, -0.1) is 0 Å². The smallest absolute Gasteiger partial charge is 0.414 e. The average Bonchev–Trinajstić information content (AvgIpc) is 2.28.